The number of likely N-dealkylation sites (tertiary alicyclic amines) is 1. The van der Waals surface area contributed by atoms with E-state index in [1.807, 2.05) is 18.2 Å². The fourth-order valence-electron chi connectivity index (χ4n) is 5.02. The van der Waals surface area contributed by atoms with Gasteiger partial charge < -0.3 is 0 Å². The summed E-state index contributed by atoms with van der Waals surface area (Å²) >= 11 is 0. The SMILES string of the molecule is O=C(CCC1CCN(Cc2ccccc2)CC1)c1cn(S(=O)(=O)c2ccccc2)c2ccccc12. The lowest BCUT2D eigenvalue weighted by Gasteiger charge is -2.31. The van der Waals surface area contributed by atoms with Crippen LogP contribution in [0.15, 0.2) is 96.0 Å². The molecule has 0 amide bonds. The zero-order valence-corrected chi connectivity index (χ0v) is 20.5. The molecule has 6 heteroatoms. The van der Waals surface area contributed by atoms with Crippen molar-refractivity contribution in [2.75, 3.05) is 13.1 Å². The number of carbonyl (C=O) groups excluding carboxylic acids is 1. The summed E-state index contributed by atoms with van der Waals surface area (Å²) < 4.78 is 27.9. The number of hydrogen-bond acceptors (Lipinski definition) is 4. The van der Waals surface area contributed by atoms with Gasteiger partial charge in [-0.1, -0.05) is 66.7 Å². The van der Waals surface area contributed by atoms with E-state index >= 15 is 0 Å². The first-order valence-electron chi connectivity index (χ1n) is 12.2. The first kappa shape index (κ1) is 23.5. The summed E-state index contributed by atoms with van der Waals surface area (Å²) in [5.41, 5.74) is 2.36. The van der Waals surface area contributed by atoms with E-state index in [9.17, 15) is 13.2 Å². The smallest absolute Gasteiger partial charge is 0.268 e. The average Bonchev–Trinajstić information content (AvgIpc) is 3.30. The van der Waals surface area contributed by atoms with Crippen molar-refractivity contribution in [1.29, 1.82) is 0 Å². The molecule has 0 aliphatic carbocycles. The van der Waals surface area contributed by atoms with Gasteiger partial charge in [0, 0.05) is 30.1 Å². The molecule has 0 spiro atoms. The fourth-order valence-corrected chi connectivity index (χ4v) is 6.41. The van der Waals surface area contributed by atoms with Gasteiger partial charge >= 0.3 is 0 Å². The first-order chi connectivity index (χ1) is 17.0. The Balaban J connectivity index is 1.26. The number of fused-ring (bicyclic) bond motifs is 1. The first-order valence-corrected chi connectivity index (χ1v) is 13.7. The molecule has 3 aromatic carbocycles. The number of nitrogens with zero attached hydrogens (tertiary/aromatic N) is 2. The fraction of sp³-hybridized carbons (Fsp3) is 0.276. The summed E-state index contributed by atoms with van der Waals surface area (Å²) in [5.74, 6) is 0.530. The Hall–Kier alpha value is -3.22. The third kappa shape index (κ3) is 5.09. The lowest BCUT2D eigenvalue weighted by molar-refractivity contribution is 0.0963. The van der Waals surface area contributed by atoms with Gasteiger partial charge in [-0.3, -0.25) is 9.69 Å². The summed E-state index contributed by atoms with van der Waals surface area (Å²) in [6.07, 6.45) is 4.96. The third-order valence-corrected chi connectivity index (χ3v) is 8.70. The van der Waals surface area contributed by atoms with Gasteiger partial charge in [0.2, 0.25) is 0 Å². The zero-order valence-electron chi connectivity index (χ0n) is 19.7. The van der Waals surface area contributed by atoms with Crippen LogP contribution in [-0.4, -0.2) is 36.2 Å². The van der Waals surface area contributed by atoms with Gasteiger partial charge in [0.1, 0.15) is 0 Å². The molecule has 0 radical (unpaired) electrons. The molecule has 5 nitrogen and oxygen atoms in total. The molecule has 180 valence electrons. The van der Waals surface area contributed by atoms with Crippen LogP contribution in [-0.2, 0) is 16.6 Å². The molecule has 0 atom stereocenters. The summed E-state index contributed by atoms with van der Waals surface area (Å²) in [7, 11) is -3.79. The van der Waals surface area contributed by atoms with Crippen molar-refractivity contribution < 1.29 is 13.2 Å². The number of aromatic nitrogens is 1. The van der Waals surface area contributed by atoms with E-state index in [0.717, 1.165) is 38.9 Å². The van der Waals surface area contributed by atoms with E-state index in [0.29, 0.717) is 28.8 Å². The highest BCUT2D eigenvalue weighted by Gasteiger charge is 2.25. The van der Waals surface area contributed by atoms with Gasteiger partial charge in [0.25, 0.3) is 10.0 Å². The predicted molar refractivity (Wildman–Crippen MR) is 139 cm³/mol. The molecular formula is C29H30N2O3S. The van der Waals surface area contributed by atoms with Crippen molar-refractivity contribution in [3.05, 3.63) is 102 Å². The van der Waals surface area contributed by atoms with E-state index < -0.39 is 10.0 Å². The molecule has 0 saturated carbocycles. The second-order valence-electron chi connectivity index (χ2n) is 9.34. The number of para-hydroxylation sites is 1. The molecule has 2 heterocycles. The van der Waals surface area contributed by atoms with E-state index in [4.69, 9.17) is 0 Å². The van der Waals surface area contributed by atoms with Crippen molar-refractivity contribution in [3.8, 4) is 0 Å². The van der Waals surface area contributed by atoms with Crippen LogP contribution in [0.2, 0.25) is 0 Å². The Morgan fingerprint density at radius 1 is 0.829 bits per heavy atom. The van der Waals surface area contributed by atoms with Crippen LogP contribution in [0.5, 0.6) is 0 Å². The maximum atomic E-state index is 13.3. The minimum absolute atomic E-state index is 0.00919. The average molecular weight is 487 g/mol. The minimum Gasteiger partial charge on any atom is -0.299 e. The number of piperidine rings is 1. The lowest BCUT2D eigenvalue weighted by Crippen LogP contribution is -2.33. The molecule has 1 aliphatic heterocycles. The highest BCUT2D eigenvalue weighted by molar-refractivity contribution is 7.90. The van der Waals surface area contributed by atoms with Gasteiger partial charge in [0.05, 0.1) is 10.4 Å². The molecule has 0 bridgehead atoms. The number of hydrogen-bond donors (Lipinski definition) is 0. The molecular weight excluding hydrogens is 456 g/mol. The highest BCUT2D eigenvalue weighted by Crippen LogP contribution is 2.29. The monoisotopic (exact) mass is 486 g/mol. The normalized spacial score (nSPS) is 15.4. The summed E-state index contributed by atoms with van der Waals surface area (Å²) in [4.78, 5) is 16.0. The molecule has 1 aromatic heterocycles. The number of benzene rings is 3. The molecule has 4 aromatic rings. The van der Waals surface area contributed by atoms with Gasteiger partial charge in [-0.15, -0.1) is 0 Å². The molecule has 1 aliphatic rings. The Bertz CT molecular complexity index is 1400. The minimum atomic E-state index is -3.79. The van der Waals surface area contributed by atoms with Crippen molar-refractivity contribution in [2.24, 2.45) is 5.92 Å². The van der Waals surface area contributed by atoms with Crippen LogP contribution in [0.1, 0.15) is 41.6 Å². The third-order valence-electron chi connectivity index (χ3n) is 7.01. The van der Waals surface area contributed by atoms with E-state index in [-0.39, 0.29) is 10.7 Å². The Labute approximate surface area is 207 Å². The summed E-state index contributed by atoms with van der Waals surface area (Å²) in [6, 6.07) is 26.1. The van der Waals surface area contributed by atoms with E-state index in [1.165, 1.54) is 15.7 Å². The van der Waals surface area contributed by atoms with Crippen LogP contribution in [0.3, 0.4) is 0 Å². The van der Waals surface area contributed by atoms with Gasteiger partial charge in [0.15, 0.2) is 5.78 Å². The van der Waals surface area contributed by atoms with Crippen molar-refractivity contribution in [3.63, 3.8) is 0 Å². The molecule has 0 N–H and O–H groups in total. The highest BCUT2D eigenvalue weighted by atomic mass is 32.2. The van der Waals surface area contributed by atoms with Gasteiger partial charge in [-0.25, -0.2) is 12.4 Å². The standard InChI is InChI=1S/C29H30N2O3S/c32-29(16-15-23-17-19-30(20-18-23)21-24-9-3-1-4-10-24)27-22-31(28-14-8-7-13-26(27)28)35(33,34)25-11-5-2-6-12-25/h1-14,22-23H,15-21H2. The van der Waals surface area contributed by atoms with Crippen LogP contribution in [0, 0.1) is 5.92 Å². The summed E-state index contributed by atoms with van der Waals surface area (Å²) in [6.45, 7) is 3.06. The number of Topliss-reactive ketones (excluding diaryl/α,β-unsaturated/α-hetero) is 1. The molecule has 1 saturated heterocycles. The quantitative estimate of drug-likeness (QED) is 0.297. The lowest BCUT2D eigenvalue weighted by atomic mass is 9.90. The number of ketones is 1. The Morgan fingerprint density at radius 2 is 1.46 bits per heavy atom. The van der Waals surface area contributed by atoms with Crippen LogP contribution >= 0.6 is 0 Å². The zero-order chi connectivity index (χ0) is 24.3. The summed E-state index contributed by atoms with van der Waals surface area (Å²) in [5, 5.41) is 0.690. The number of carbonyl (C=O) groups is 1. The molecule has 0 unspecified atom stereocenters. The van der Waals surface area contributed by atoms with Crippen LogP contribution in [0.25, 0.3) is 10.9 Å². The van der Waals surface area contributed by atoms with Crippen LogP contribution < -0.4 is 0 Å². The van der Waals surface area contributed by atoms with E-state index in [1.54, 1.807) is 42.5 Å². The van der Waals surface area contributed by atoms with Crippen molar-refractivity contribution in [1.82, 2.24) is 8.87 Å². The molecule has 5 rings (SSSR count). The van der Waals surface area contributed by atoms with Gasteiger partial charge in [-0.05, 0) is 62.0 Å². The second-order valence-corrected chi connectivity index (χ2v) is 11.2. The number of rotatable bonds is 8. The van der Waals surface area contributed by atoms with Crippen molar-refractivity contribution in [2.45, 2.75) is 37.1 Å². The Morgan fingerprint density at radius 3 is 2.17 bits per heavy atom. The van der Waals surface area contributed by atoms with Crippen molar-refractivity contribution >= 4 is 26.7 Å². The predicted octanol–water partition coefficient (Wildman–Crippen LogP) is 5.75. The molecule has 1 fully saturated rings. The molecule has 35 heavy (non-hydrogen) atoms. The maximum absolute atomic E-state index is 13.3. The van der Waals surface area contributed by atoms with E-state index in [2.05, 4.69) is 29.2 Å². The van der Waals surface area contributed by atoms with Crippen LogP contribution in [0.4, 0.5) is 0 Å². The topological polar surface area (TPSA) is 59.4 Å². The maximum Gasteiger partial charge on any atom is 0.268 e. The Kier molecular flexibility index (Phi) is 6.84. The second kappa shape index (κ2) is 10.2. The van der Waals surface area contributed by atoms with Gasteiger partial charge in [-0.2, -0.15) is 0 Å². The largest absolute Gasteiger partial charge is 0.299 e.